The molecule has 16 heavy (non-hydrogen) atoms. The Morgan fingerprint density at radius 1 is 1.25 bits per heavy atom. The zero-order valence-corrected chi connectivity index (χ0v) is 11.6. The van der Waals surface area contributed by atoms with E-state index in [4.69, 9.17) is 5.11 Å². The van der Waals surface area contributed by atoms with Crippen LogP contribution in [0.4, 0.5) is 0 Å². The van der Waals surface area contributed by atoms with Crippen molar-refractivity contribution in [3.8, 4) is 0 Å². The van der Waals surface area contributed by atoms with Crippen molar-refractivity contribution in [1.82, 2.24) is 10.2 Å². The van der Waals surface area contributed by atoms with Crippen LogP contribution in [-0.2, 0) is 0 Å². The minimum absolute atomic E-state index is 0.267. The largest absolute Gasteiger partial charge is 0.395 e. The second-order valence-electron chi connectivity index (χ2n) is 5.05. The summed E-state index contributed by atoms with van der Waals surface area (Å²) in [4.78, 5) is 2.39. The normalized spacial score (nSPS) is 15.4. The highest BCUT2D eigenvalue weighted by Gasteiger charge is 2.24. The highest BCUT2D eigenvalue weighted by Crippen LogP contribution is 2.21. The van der Waals surface area contributed by atoms with E-state index in [-0.39, 0.29) is 6.61 Å². The maximum Gasteiger partial charge on any atom is 0.0558 e. The van der Waals surface area contributed by atoms with E-state index in [0.717, 1.165) is 26.2 Å². The first-order valence-corrected chi connectivity index (χ1v) is 6.59. The Bertz CT molecular complexity index is 164. The summed E-state index contributed by atoms with van der Waals surface area (Å²) in [6.45, 7) is 11.1. The molecule has 0 fully saturated rings. The van der Waals surface area contributed by atoms with Crippen LogP contribution >= 0.6 is 0 Å². The molecule has 0 aliphatic heterocycles. The molecule has 0 rings (SSSR count). The molecule has 0 spiro atoms. The van der Waals surface area contributed by atoms with Gasteiger partial charge in [-0.1, -0.05) is 27.2 Å². The van der Waals surface area contributed by atoms with E-state index in [1.54, 1.807) is 0 Å². The van der Waals surface area contributed by atoms with Crippen molar-refractivity contribution in [2.45, 2.75) is 40.0 Å². The zero-order chi connectivity index (χ0) is 12.4. The Balaban J connectivity index is 4.20. The lowest BCUT2D eigenvalue weighted by molar-refractivity contribution is 0.129. The molecule has 0 aromatic rings. The van der Waals surface area contributed by atoms with Gasteiger partial charge in [0, 0.05) is 19.6 Å². The fourth-order valence-electron chi connectivity index (χ4n) is 2.05. The van der Waals surface area contributed by atoms with Crippen LogP contribution in [0.1, 0.15) is 40.0 Å². The van der Waals surface area contributed by atoms with Crippen molar-refractivity contribution in [3.63, 3.8) is 0 Å². The van der Waals surface area contributed by atoms with Gasteiger partial charge in [-0.15, -0.1) is 0 Å². The number of nitrogens with one attached hydrogen (secondary N) is 1. The van der Waals surface area contributed by atoms with Crippen LogP contribution in [0.15, 0.2) is 0 Å². The van der Waals surface area contributed by atoms with Crippen LogP contribution in [-0.4, -0.2) is 49.8 Å². The maximum atomic E-state index is 9.08. The van der Waals surface area contributed by atoms with Crippen molar-refractivity contribution < 1.29 is 5.11 Å². The molecule has 0 amide bonds. The first-order valence-electron chi connectivity index (χ1n) is 6.59. The van der Waals surface area contributed by atoms with Gasteiger partial charge in [0.1, 0.15) is 0 Å². The quantitative estimate of drug-likeness (QED) is 0.600. The number of hydrogen-bond donors (Lipinski definition) is 2. The van der Waals surface area contributed by atoms with Crippen LogP contribution < -0.4 is 5.32 Å². The number of aliphatic hydroxyl groups excluding tert-OH is 1. The Morgan fingerprint density at radius 3 is 2.38 bits per heavy atom. The summed E-state index contributed by atoms with van der Waals surface area (Å²) in [5.41, 5.74) is 0.317. The molecule has 1 unspecified atom stereocenters. The minimum Gasteiger partial charge on any atom is -0.395 e. The molecule has 0 aliphatic carbocycles. The van der Waals surface area contributed by atoms with Gasteiger partial charge in [0.15, 0.2) is 0 Å². The smallest absolute Gasteiger partial charge is 0.0558 e. The molecule has 3 nitrogen and oxygen atoms in total. The molecular weight excluding hydrogens is 200 g/mol. The van der Waals surface area contributed by atoms with E-state index in [2.05, 4.69) is 31.0 Å². The van der Waals surface area contributed by atoms with E-state index >= 15 is 0 Å². The second kappa shape index (κ2) is 8.97. The third-order valence-electron chi connectivity index (χ3n) is 3.31. The van der Waals surface area contributed by atoms with Crippen LogP contribution in [0, 0.1) is 5.41 Å². The van der Waals surface area contributed by atoms with Gasteiger partial charge in [0.25, 0.3) is 0 Å². The number of aliphatic hydroxyl groups is 1. The molecule has 0 saturated carbocycles. The molecule has 0 saturated heterocycles. The van der Waals surface area contributed by atoms with Crippen LogP contribution in [0.3, 0.4) is 0 Å². The lowest BCUT2D eigenvalue weighted by Gasteiger charge is -2.34. The predicted octanol–water partition coefficient (Wildman–Crippen LogP) is 1.72. The monoisotopic (exact) mass is 230 g/mol. The fraction of sp³-hybridized carbons (Fsp3) is 1.00. The lowest BCUT2D eigenvalue weighted by Crippen LogP contribution is -2.42. The van der Waals surface area contributed by atoms with Gasteiger partial charge in [-0.25, -0.2) is 0 Å². The van der Waals surface area contributed by atoms with E-state index < -0.39 is 0 Å². The topological polar surface area (TPSA) is 35.5 Å². The summed E-state index contributed by atoms with van der Waals surface area (Å²) in [5, 5.41) is 12.4. The van der Waals surface area contributed by atoms with Crippen LogP contribution in [0.25, 0.3) is 0 Å². The number of hydrogen-bond acceptors (Lipinski definition) is 3. The van der Waals surface area contributed by atoms with Gasteiger partial charge in [-0.05, 0) is 31.8 Å². The Morgan fingerprint density at radius 2 is 1.94 bits per heavy atom. The Kier molecular flexibility index (Phi) is 8.90. The van der Waals surface area contributed by atoms with E-state index in [1.165, 1.54) is 19.3 Å². The summed E-state index contributed by atoms with van der Waals surface area (Å²) >= 11 is 0. The number of rotatable bonds is 10. The zero-order valence-electron chi connectivity index (χ0n) is 11.6. The lowest BCUT2D eigenvalue weighted by atomic mass is 9.86. The van der Waals surface area contributed by atoms with Crippen molar-refractivity contribution in [2.24, 2.45) is 5.41 Å². The molecule has 2 N–H and O–H groups in total. The molecule has 98 valence electrons. The highest BCUT2D eigenvalue weighted by atomic mass is 16.3. The number of unbranched alkanes of at least 4 members (excludes halogenated alkanes) is 1. The summed E-state index contributed by atoms with van der Waals surface area (Å²) in [5.74, 6) is 0. The van der Waals surface area contributed by atoms with Crippen molar-refractivity contribution in [3.05, 3.63) is 0 Å². The van der Waals surface area contributed by atoms with Gasteiger partial charge < -0.3 is 15.3 Å². The summed E-state index contributed by atoms with van der Waals surface area (Å²) in [6, 6.07) is 0. The predicted molar refractivity (Wildman–Crippen MR) is 70.8 cm³/mol. The maximum absolute atomic E-state index is 9.08. The van der Waals surface area contributed by atoms with Crippen molar-refractivity contribution in [2.75, 3.05) is 39.8 Å². The summed E-state index contributed by atoms with van der Waals surface area (Å²) < 4.78 is 0. The van der Waals surface area contributed by atoms with Gasteiger partial charge >= 0.3 is 0 Å². The first-order chi connectivity index (χ1) is 7.61. The highest BCUT2D eigenvalue weighted by molar-refractivity contribution is 4.79. The Hall–Kier alpha value is -0.120. The standard InChI is InChI=1S/C13H30N2O/c1-5-7-8-15(9-10-16)12-13(3,6-2)11-14-4/h14,16H,5-12H2,1-4H3. The molecule has 0 aliphatic rings. The van der Waals surface area contributed by atoms with E-state index in [1.807, 2.05) is 7.05 Å². The molecule has 0 heterocycles. The average molecular weight is 230 g/mol. The fourth-order valence-corrected chi connectivity index (χ4v) is 2.05. The Labute approximate surface area is 101 Å². The van der Waals surface area contributed by atoms with Crippen molar-refractivity contribution >= 4 is 0 Å². The summed E-state index contributed by atoms with van der Waals surface area (Å²) in [6.07, 6.45) is 3.61. The third-order valence-corrected chi connectivity index (χ3v) is 3.31. The van der Waals surface area contributed by atoms with Gasteiger partial charge in [-0.2, -0.15) is 0 Å². The minimum atomic E-state index is 0.267. The molecule has 0 bridgehead atoms. The van der Waals surface area contributed by atoms with E-state index in [9.17, 15) is 0 Å². The first kappa shape index (κ1) is 15.9. The third kappa shape index (κ3) is 6.46. The average Bonchev–Trinajstić information content (AvgIpc) is 2.26. The van der Waals surface area contributed by atoms with Crippen LogP contribution in [0.5, 0.6) is 0 Å². The molecule has 0 aromatic carbocycles. The second-order valence-corrected chi connectivity index (χ2v) is 5.05. The SMILES string of the molecule is CCCCN(CCO)CC(C)(CC)CNC. The summed E-state index contributed by atoms with van der Waals surface area (Å²) in [7, 11) is 2.01. The molecule has 0 aromatic heterocycles. The van der Waals surface area contributed by atoms with Gasteiger partial charge in [0.05, 0.1) is 6.61 Å². The molecule has 0 radical (unpaired) electrons. The van der Waals surface area contributed by atoms with Gasteiger partial charge in [-0.3, -0.25) is 0 Å². The van der Waals surface area contributed by atoms with Crippen LogP contribution in [0.2, 0.25) is 0 Å². The van der Waals surface area contributed by atoms with Crippen molar-refractivity contribution in [1.29, 1.82) is 0 Å². The molecular formula is C13H30N2O. The van der Waals surface area contributed by atoms with E-state index in [0.29, 0.717) is 5.41 Å². The number of nitrogens with zero attached hydrogens (tertiary/aromatic N) is 1. The van der Waals surface area contributed by atoms with Gasteiger partial charge in [0.2, 0.25) is 0 Å². The molecule has 1 atom stereocenters. The molecule has 3 heteroatoms.